The second-order valence-corrected chi connectivity index (χ2v) is 4.59. The molecule has 0 saturated heterocycles. The van der Waals surface area contributed by atoms with E-state index in [0.717, 1.165) is 18.3 Å². The van der Waals surface area contributed by atoms with Gasteiger partial charge in [0.25, 0.3) is 0 Å². The van der Waals surface area contributed by atoms with E-state index < -0.39 is 17.6 Å². The summed E-state index contributed by atoms with van der Waals surface area (Å²) in [5, 5.41) is 2.99. The molecule has 1 aromatic heterocycles. The van der Waals surface area contributed by atoms with Crippen LogP contribution in [-0.2, 0) is 6.18 Å². The highest BCUT2D eigenvalue weighted by atomic mass is 19.4. The van der Waals surface area contributed by atoms with E-state index in [1.54, 1.807) is 6.07 Å². The van der Waals surface area contributed by atoms with Crippen molar-refractivity contribution in [3.05, 3.63) is 59.7 Å². The number of pyridine rings is 1. The maximum Gasteiger partial charge on any atom is 0.416 e. The van der Waals surface area contributed by atoms with Crippen molar-refractivity contribution in [2.24, 2.45) is 0 Å². The van der Waals surface area contributed by atoms with Gasteiger partial charge in [-0.25, -0.2) is 4.39 Å². The molecule has 2 aromatic rings. The Morgan fingerprint density at radius 2 is 1.95 bits per heavy atom. The first-order chi connectivity index (χ1) is 9.90. The fourth-order valence-electron chi connectivity index (χ4n) is 1.97. The van der Waals surface area contributed by atoms with Gasteiger partial charge >= 0.3 is 6.18 Å². The number of nitrogens with zero attached hydrogens (tertiary/aromatic N) is 1. The standard InChI is InChI=1S/C15H14F4N2/c1-2-13(14-7-6-11(16)9-20-14)21-12-5-3-4-10(8-12)15(17,18)19/h3-9,13,21H,2H2,1H3. The number of rotatable bonds is 4. The Bertz CT molecular complexity index is 593. The van der Waals surface area contributed by atoms with Gasteiger partial charge < -0.3 is 5.32 Å². The van der Waals surface area contributed by atoms with Crippen LogP contribution in [0.4, 0.5) is 23.2 Å². The molecule has 1 atom stereocenters. The second kappa shape index (κ2) is 6.11. The van der Waals surface area contributed by atoms with Crippen molar-refractivity contribution in [1.29, 1.82) is 0 Å². The zero-order valence-corrected chi connectivity index (χ0v) is 11.3. The summed E-state index contributed by atoms with van der Waals surface area (Å²) in [7, 11) is 0. The molecule has 0 bridgehead atoms. The fraction of sp³-hybridized carbons (Fsp3) is 0.267. The van der Waals surface area contributed by atoms with Crippen molar-refractivity contribution in [3.8, 4) is 0 Å². The molecule has 1 N–H and O–H groups in total. The van der Waals surface area contributed by atoms with Crippen LogP contribution in [0.5, 0.6) is 0 Å². The third-order valence-corrected chi connectivity index (χ3v) is 3.05. The summed E-state index contributed by atoms with van der Waals surface area (Å²) in [6, 6.07) is 7.48. The van der Waals surface area contributed by atoms with Crippen LogP contribution in [0.25, 0.3) is 0 Å². The van der Waals surface area contributed by atoms with Gasteiger partial charge in [-0.05, 0) is 36.8 Å². The highest BCUT2D eigenvalue weighted by molar-refractivity contribution is 5.48. The summed E-state index contributed by atoms with van der Waals surface area (Å²) < 4.78 is 50.9. The average Bonchev–Trinajstić information content (AvgIpc) is 2.45. The van der Waals surface area contributed by atoms with Gasteiger partial charge in [0.15, 0.2) is 0 Å². The van der Waals surface area contributed by atoms with Crippen LogP contribution < -0.4 is 5.32 Å². The van der Waals surface area contributed by atoms with E-state index >= 15 is 0 Å². The van der Waals surface area contributed by atoms with Crippen LogP contribution in [0.3, 0.4) is 0 Å². The summed E-state index contributed by atoms with van der Waals surface area (Å²) in [4.78, 5) is 3.96. The van der Waals surface area contributed by atoms with Crippen molar-refractivity contribution < 1.29 is 17.6 Å². The lowest BCUT2D eigenvalue weighted by molar-refractivity contribution is -0.137. The molecule has 6 heteroatoms. The van der Waals surface area contributed by atoms with Crippen LogP contribution in [0, 0.1) is 5.82 Å². The topological polar surface area (TPSA) is 24.9 Å². The van der Waals surface area contributed by atoms with Crippen LogP contribution >= 0.6 is 0 Å². The predicted octanol–water partition coefficient (Wildman–Crippen LogP) is 4.80. The highest BCUT2D eigenvalue weighted by Crippen LogP contribution is 2.31. The molecule has 0 spiro atoms. The van der Waals surface area contributed by atoms with E-state index in [4.69, 9.17) is 0 Å². The molecule has 0 amide bonds. The van der Waals surface area contributed by atoms with Gasteiger partial charge in [-0.1, -0.05) is 13.0 Å². The number of benzene rings is 1. The van der Waals surface area contributed by atoms with E-state index in [2.05, 4.69) is 10.3 Å². The monoisotopic (exact) mass is 298 g/mol. The first-order valence-corrected chi connectivity index (χ1v) is 6.45. The molecule has 1 aromatic carbocycles. The molecule has 0 aliphatic rings. The third-order valence-electron chi connectivity index (χ3n) is 3.05. The number of aromatic nitrogens is 1. The van der Waals surface area contributed by atoms with Gasteiger partial charge in [0, 0.05) is 5.69 Å². The van der Waals surface area contributed by atoms with Crippen molar-refractivity contribution in [1.82, 2.24) is 4.98 Å². The van der Waals surface area contributed by atoms with Crippen LogP contribution in [0.15, 0.2) is 42.6 Å². The Balaban J connectivity index is 2.21. The van der Waals surface area contributed by atoms with Gasteiger partial charge in [0.2, 0.25) is 0 Å². The molecule has 1 heterocycles. The maximum atomic E-state index is 12.9. The Morgan fingerprint density at radius 3 is 2.52 bits per heavy atom. The lowest BCUT2D eigenvalue weighted by Gasteiger charge is -2.18. The predicted molar refractivity (Wildman–Crippen MR) is 72.3 cm³/mol. The molecule has 0 radical (unpaired) electrons. The summed E-state index contributed by atoms with van der Waals surface area (Å²) >= 11 is 0. The number of nitrogens with one attached hydrogen (secondary N) is 1. The van der Waals surface area contributed by atoms with E-state index in [0.29, 0.717) is 17.8 Å². The Hall–Kier alpha value is -2.11. The summed E-state index contributed by atoms with van der Waals surface area (Å²) in [6.07, 6.45) is -2.69. The van der Waals surface area contributed by atoms with Gasteiger partial charge in [0.1, 0.15) is 5.82 Å². The van der Waals surface area contributed by atoms with E-state index in [1.165, 1.54) is 18.2 Å². The Morgan fingerprint density at radius 1 is 1.19 bits per heavy atom. The van der Waals surface area contributed by atoms with Crippen LogP contribution in [0.2, 0.25) is 0 Å². The quantitative estimate of drug-likeness (QED) is 0.820. The largest absolute Gasteiger partial charge is 0.416 e. The molecule has 2 nitrogen and oxygen atoms in total. The zero-order chi connectivity index (χ0) is 15.5. The minimum absolute atomic E-state index is 0.283. The normalized spacial score (nSPS) is 13.0. The SMILES string of the molecule is CCC(Nc1cccc(C(F)(F)F)c1)c1ccc(F)cn1. The number of hydrogen-bond acceptors (Lipinski definition) is 2. The Kier molecular flexibility index (Phi) is 4.45. The molecule has 2 rings (SSSR count). The number of alkyl halides is 3. The van der Waals surface area contributed by atoms with Gasteiger partial charge in [-0.2, -0.15) is 13.2 Å². The first kappa shape index (κ1) is 15.3. The van der Waals surface area contributed by atoms with E-state index in [1.807, 2.05) is 6.92 Å². The molecular formula is C15H14F4N2. The lowest BCUT2D eigenvalue weighted by atomic mass is 10.1. The van der Waals surface area contributed by atoms with Crippen molar-refractivity contribution in [2.45, 2.75) is 25.6 Å². The second-order valence-electron chi connectivity index (χ2n) is 4.59. The number of hydrogen-bond donors (Lipinski definition) is 1. The van der Waals surface area contributed by atoms with Gasteiger partial charge in [-0.3, -0.25) is 4.98 Å². The van der Waals surface area contributed by atoms with Crippen molar-refractivity contribution >= 4 is 5.69 Å². The smallest absolute Gasteiger partial charge is 0.377 e. The fourth-order valence-corrected chi connectivity index (χ4v) is 1.97. The molecule has 0 fully saturated rings. The molecule has 0 aliphatic carbocycles. The summed E-state index contributed by atoms with van der Waals surface area (Å²) in [5.74, 6) is -0.451. The number of anilines is 1. The van der Waals surface area contributed by atoms with E-state index in [-0.39, 0.29) is 6.04 Å². The van der Waals surface area contributed by atoms with Crippen LogP contribution in [0.1, 0.15) is 30.6 Å². The van der Waals surface area contributed by atoms with Gasteiger partial charge in [0.05, 0.1) is 23.5 Å². The minimum Gasteiger partial charge on any atom is -0.377 e. The molecule has 0 aliphatic heterocycles. The summed E-state index contributed by atoms with van der Waals surface area (Å²) in [5.41, 5.74) is 0.216. The molecule has 112 valence electrons. The van der Waals surface area contributed by atoms with Crippen LogP contribution in [-0.4, -0.2) is 4.98 Å². The molecule has 0 saturated carbocycles. The minimum atomic E-state index is -4.38. The lowest BCUT2D eigenvalue weighted by Crippen LogP contribution is -2.12. The highest BCUT2D eigenvalue weighted by Gasteiger charge is 2.30. The van der Waals surface area contributed by atoms with Crippen molar-refractivity contribution in [3.63, 3.8) is 0 Å². The third kappa shape index (κ3) is 3.93. The molecule has 21 heavy (non-hydrogen) atoms. The van der Waals surface area contributed by atoms with Crippen molar-refractivity contribution in [2.75, 3.05) is 5.32 Å². The average molecular weight is 298 g/mol. The molecular weight excluding hydrogens is 284 g/mol. The summed E-state index contributed by atoms with van der Waals surface area (Å²) in [6.45, 7) is 1.87. The molecule has 1 unspecified atom stereocenters. The number of halogens is 4. The maximum absolute atomic E-state index is 12.9. The Labute approximate surface area is 119 Å². The first-order valence-electron chi connectivity index (χ1n) is 6.45. The zero-order valence-electron chi connectivity index (χ0n) is 11.3. The van der Waals surface area contributed by atoms with E-state index in [9.17, 15) is 17.6 Å². The van der Waals surface area contributed by atoms with Gasteiger partial charge in [-0.15, -0.1) is 0 Å².